The van der Waals surface area contributed by atoms with Gasteiger partial charge in [0.2, 0.25) is 0 Å². The molecule has 154 valence electrons. The minimum Gasteiger partial charge on any atom is -0.481 e. The van der Waals surface area contributed by atoms with Crippen molar-refractivity contribution in [3.63, 3.8) is 0 Å². The third-order valence-corrected chi connectivity index (χ3v) is 4.17. The molecule has 0 spiro atoms. The highest BCUT2D eigenvalue weighted by Gasteiger charge is 1.97. The van der Waals surface area contributed by atoms with E-state index in [-0.39, 0.29) is 29.6 Å². The van der Waals surface area contributed by atoms with Crippen molar-refractivity contribution >= 4 is 35.0 Å². The van der Waals surface area contributed by atoms with E-state index in [0.717, 1.165) is 12.8 Å². The molecule has 6 heteroatoms. The number of hydrogen-bond donors (Lipinski definition) is 3. The van der Waals surface area contributed by atoms with Crippen molar-refractivity contribution in [2.75, 3.05) is 6.54 Å². The fraction of sp³-hybridized carbons (Fsp3) is 0.900. The van der Waals surface area contributed by atoms with Gasteiger partial charge in [-0.3, -0.25) is 9.59 Å². The molecular weight excluding hydrogens is 343 g/mol. The summed E-state index contributed by atoms with van der Waals surface area (Å²) in [5.74, 6) is -1.62. The molecule has 0 bridgehead atoms. The predicted molar refractivity (Wildman–Crippen MR) is 112 cm³/mol. The molecule has 26 heavy (non-hydrogen) atoms. The maximum Gasteiger partial charge on any atom is 0.317 e. The van der Waals surface area contributed by atoms with Gasteiger partial charge in [0.25, 0.3) is 0 Å². The van der Waals surface area contributed by atoms with Gasteiger partial charge in [0, 0.05) is 6.42 Å². The minimum absolute atomic E-state index is 0. The number of carbonyl (C=O) groups is 2. The number of carboxylic acid groups (broad SMARTS) is 2. The molecule has 0 aliphatic heterocycles. The van der Waals surface area contributed by atoms with Gasteiger partial charge in [0.1, 0.15) is 0 Å². The molecule has 0 aromatic rings. The van der Waals surface area contributed by atoms with E-state index in [9.17, 15) is 9.59 Å². The average Bonchev–Trinajstić information content (AvgIpc) is 2.58. The molecule has 0 saturated heterocycles. The van der Waals surface area contributed by atoms with Crippen LogP contribution in [0, 0.1) is 0 Å². The van der Waals surface area contributed by atoms with Crippen molar-refractivity contribution in [3.05, 3.63) is 0 Å². The molecule has 4 N–H and O–H groups in total. The maximum absolute atomic E-state index is 10.3. The van der Waals surface area contributed by atoms with Crippen LogP contribution in [0.4, 0.5) is 0 Å². The van der Waals surface area contributed by atoms with Gasteiger partial charge in [0.15, 0.2) is 0 Å². The van der Waals surface area contributed by atoms with Gasteiger partial charge >= 0.3 is 35.0 Å². The Labute approximate surface area is 176 Å². The molecule has 0 heterocycles. The summed E-state index contributed by atoms with van der Waals surface area (Å²) in [5.41, 5.74) is 4.57. The van der Waals surface area contributed by atoms with E-state index in [1.807, 2.05) is 0 Å². The van der Waals surface area contributed by atoms with Crippen LogP contribution in [0.2, 0.25) is 0 Å². The predicted octanol–water partition coefficient (Wildman–Crippen LogP) is 4.45. The van der Waals surface area contributed by atoms with E-state index in [2.05, 4.69) is 12.7 Å². The second kappa shape index (κ2) is 26.9. The normalized spacial score (nSPS) is 9.77. The highest BCUT2D eigenvalue weighted by atomic mass is 24.3. The summed E-state index contributed by atoms with van der Waals surface area (Å²) in [5, 5.41) is 16.1. The van der Waals surface area contributed by atoms with Crippen molar-refractivity contribution in [3.8, 4) is 0 Å². The molecule has 0 rings (SSSR count). The molecule has 0 aliphatic carbocycles. The second-order valence-electron chi connectivity index (χ2n) is 6.69. The lowest BCUT2D eigenvalue weighted by molar-refractivity contribution is -0.137. The van der Waals surface area contributed by atoms with Gasteiger partial charge in [-0.1, -0.05) is 96.8 Å². The molecular formula is C20H43MgNO4. The van der Waals surface area contributed by atoms with Crippen molar-refractivity contribution in [1.82, 2.24) is 0 Å². The van der Waals surface area contributed by atoms with Crippen LogP contribution in [0.5, 0.6) is 0 Å². The molecule has 5 nitrogen and oxygen atoms in total. The lowest BCUT2D eigenvalue weighted by Gasteiger charge is -2.03. The zero-order valence-corrected chi connectivity index (χ0v) is 16.3. The molecule has 0 fully saturated rings. The fourth-order valence-corrected chi connectivity index (χ4v) is 2.65. The number of nitrogens with two attached hydrogens (primary N) is 1. The Kier molecular flexibility index (Phi) is 31.4. The highest BCUT2D eigenvalue weighted by molar-refractivity contribution is 5.75. The van der Waals surface area contributed by atoms with E-state index < -0.39 is 11.9 Å². The summed E-state index contributed by atoms with van der Waals surface area (Å²) < 4.78 is 0. The Morgan fingerprint density at radius 2 is 0.885 bits per heavy atom. The van der Waals surface area contributed by atoms with Crippen LogP contribution in [0.15, 0.2) is 0 Å². The van der Waals surface area contributed by atoms with Gasteiger partial charge < -0.3 is 15.9 Å². The van der Waals surface area contributed by atoms with Crippen molar-refractivity contribution in [2.45, 2.75) is 110 Å². The first-order valence-corrected chi connectivity index (χ1v) is 10.2. The van der Waals surface area contributed by atoms with Crippen LogP contribution in [0.3, 0.4) is 0 Å². The Morgan fingerprint density at radius 1 is 0.615 bits per heavy atom. The van der Waals surface area contributed by atoms with Crippen molar-refractivity contribution < 1.29 is 19.8 Å². The van der Waals surface area contributed by atoms with Gasteiger partial charge in [-0.05, 0) is 6.42 Å². The zero-order chi connectivity index (χ0) is 19.2. The third kappa shape index (κ3) is 34.9. The lowest BCUT2D eigenvalue weighted by atomic mass is 10.0. The van der Waals surface area contributed by atoms with E-state index in [4.69, 9.17) is 10.2 Å². The Morgan fingerprint density at radius 3 is 1.12 bits per heavy atom. The highest BCUT2D eigenvalue weighted by Crippen LogP contribution is 2.13. The number of aliphatic carboxylic acids is 2. The first-order valence-electron chi connectivity index (χ1n) is 10.2. The van der Waals surface area contributed by atoms with Gasteiger partial charge in [0.05, 0.1) is 6.54 Å². The van der Waals surface area contributed by atoms with E-state index in [1.54, 1.807) is 0 Å². The van der Waals surface area contributed by atoms with Crippen molar-refractivity contribution in [1.29, 1.82) is 0 Å². The largest absolute Gasteiger partial charge is 0.481 e. The fourth-order valence-electron chi connectivity index (χ4n) is 2.65. The maximum atomic E-state index is 10.3. The van der Waals surface area contributed by atoms with Crippen LogP contribution in [0.1, 0.15) is 110 Å². The Balaban J connectivity index is -0.000000772. The van der Waals surface area contributed by atoms with Crippen LogP contribution < -0.4 is 5.73 Å². The molecule has 0 atom stereocenters. The molecule has 0 aliphatic rings. The number of unbranched alkanes of at least 4 members (excludes halogenated alkanes) is 14. The second-order valence-corrected chi connectivity index (χ2v) is 6.69. The van der Waals surface area contributed by atoms with Gasteiger partial charge in [-0.2, -0.15) is 0 Å². The Bertz CT molecular complexity index is 302. The van der Waals surface area contributed by atoms with Gasteiger partial charge in [-0.15, -0.1) is 0 Å². The van der Waals surface area contributed by atoms with E-state index in [1.165, 1.54) is 83.5 Å². The standard InChI is InChI=1S/C18H36O2.C2H5NO2.Mg.2H/c1-2-3-4-5-6-7-8-9-10-11-12-13-14-15-16-17-18(19)20;3-1-2(4)5;;;/h2-17H2,1H3,(H,19,20);1,3H2,(H,4,5);;;. The average molecular weight is 386 g/mol. The van der Waals surface area contributed by atoms with Crippen molar-refractivity contribution in [2.24, 2.45) is 5.73 Å². The summed E-state index contributed by atoms with van der Waals surface area (Å²) in [7, 11) is 0. The minimum atomic E-state index is -0.968. The summed E-state index contributed by atoms with van der Waals surface area (Å²) in [6, 6.07) is 0. The van der Waals surface area contributed by atoms with Crippen LogP contribution in [-0.4, -0.2) is 51.7 Å². The third-order valence-electron chi connectivity index (χ3n) is 4.17. The summed E-state index contributed by atoms with van der Waals surface area (Å²) in [6.07, 6.45) is 20.2. The molecule has 0 aromatic heterocycles. The topological polar surface area (TPSA) is 101 Å². The number of hydrogen-bond acceptors (Lipinski definition) is 3. The number of rotatable bonds is 17. The van der Waals surface area contributed by atoms with Gasteiger partial charge in [-0.25, -0.2) is 0 Å². The molecule has 0 saturated carbocycles. The van der Waals surface area contributed by atoms with E-state index in [0.29, 0.717) is 6.42 Å². The monoisotopic (exact) mass is 385 g/mol. The summed E-state index contributed by atoms with van der Waals surface area (Å²) in [4.78, 5) is 19.6. The van der Waals surface area contributed by atoms with Crippen LogP contribution in [0.25, 0.3) is 0 Å². The molecule has 0 radical (unpaired) electrons. The first-order chi connectivity index (χ1) is 12.0. The molecule has 0 amide bonds. The van der Waals surface area contributed by atoms with Crippen LogP contribution >= 0.6 is 0 Å². The first kappa shape index (κ1) is 30.4. The molecule has 0 aromatic carbocycles. The SMILES string of the molecule is CCCCCCCCCCCCCCCCCC(=O)O.NCC(=O)O.[MgH2]. The summed E-state index contributed by atoms with van der Waals surface area (Å²) >= 11 is 0. The number of carboxylic acids is 2. The molecule has 0 unspecified atom stereocenters. The smallest absolute Gasteiger partial charge is 0.317 e. The Hall–Kier alpha value is -0.334. The lowest BCUT2D eigenvalue weighted by Crippen LogP contribution is -2.10. The van der Waals surface area contributed by atoms with E-state index >= 15 is 0 Å². The van der Waals surface area contributed by atoms with Crippen LogP contribution in [-0.2, 0) is 9.59 Å². The quantitative estimate of drug-likeness (QED) is 0.254. The zero-order valence-electron chi connectivity index (χ0n) is 16.3. The summed E-state index contributed by atoms with van der Waals surface area (Å²) in [6.45, 7) is 1.99.